The van der Waals surface area contributed by atoms with Crippen molar-refractivity contribution >= 4 is 0 Å². The van der Waals surface area contributed by atoms with Gasteiger partial charge in [-0.25, -0.2) is 9.97 Å². The van der Waals surface area contributed by atoms with Gasteiger partial charge in [-0.2, -0.15) is 0 Å². The van der Waals surface area contributed by atoms with E-state index in [0.29, 0.717) is 0 Å². The quantitative estimate of drug-likeness (QED) is 0.225. The summed E-state index contributed by atoms with van der Waals surface area (Å²) in [5, 5.41) is 0. The highest BCUT2D eigenvalue weighted by Gasteiger charge is 2.03. The van der Waals surface area contributed by atoms with Crippen molar-refractivity contribution in [3.05, 3.63) is 54.4 Å². The Balaban J connectivity index is 1.67. The first kappa shape index (κ1) is 24.1. The number of aromatic nitrogens is 2. The Morgan fingerprint density at radius 2 is 1.57 bits per heavy atom. The van der Waals surface area contributed by atoms with Crippen molar-refractivity contribution in [1.82, 2.24) is 9.97 Å². The van der Waals surface area contributed by atoms with Gasteiger partial charge in [0.1, 0.15) is 0 Å². The van der Waals surface area contributed by atoms with Crippen molar-refractivity contribution in [3.8, 4) is 17.1 Å². The van der Waals surface area contributed by atoms with Gasteiger partial charge in [0.25, 0.3) is 0 Å². The van der Waals surface area contributed by atoms with Gasteiger partial charge in [0.15, 0.2) is 11.6 Å². The summed E-state index contributed by atoms with van der Waals surface area (Å²) in [7, 11) is 0. The van der Waals surface area contributed by atoms with Gasteiger partial charge in [-0.15, -0.1) is 0 Å². The maximum atomic E-state index is 5.76. The molecule has 0 fully saturated rings. The van der Waals surface area contributed by atoms with Crippen LogP contribution in [-0.4, -0.2) is 29.8 Å². The van der Waals surface area contributed by atoms with Crippen molar-refractivity contribution in [2.24, 2.45) is 0 Å². The maximum Gasteiger partial charge on any atom is 0.159 e. The minimum absolute atomic E-state index is 0.720. The average molecular weight is 411 g/mol. The Morgan fingerprint density at radius 3 is 2.30 bits per heavy atom. The maximum absolute atomic E-state index is 5.76. The molecule has 0 N–H and O–H groups in total. The van der Waals surface area contributed by atoms with Crippen molar-refractivity contribution in [3.63, 3.8) is 0 Å². The Hall–Kier alpha value is -2.20. The first-order chi connectivity index (χ1) is 14.8. The van der Waals surface area contributed by atoms with E-state index < -0.39 is 0 Å². The largest absolute Gasteiger partial charge is 0.490 e. The van der Waals surface area contributed by atoms with Gasteiger partial charge in [0, 0.05) is 18.8 Å². The zero-order chi connectivity index (χ0) is 21.3. The van der Waals surface area contributed by atoms with Crippen LogP contribution in [0.3, 0.4) is 0 Å². The Morgan fingerprint density at radius 1 is 0.833 bits per heavy atom. The molecule has 4 nitrogen and oxygen atoms in total. The van der Waals surface area contributed by atoms with E-state index in [1.807, 2.05) is 0 Å². The first-order valence-electron chi connectivity index (χ1n) is 11.6. The third-order valence-corrected chi connectivity index (χ3v) is 4.96. The molecule has 30 heavy (non-hydrogen) atoms. The summed E-state index contributed by atoms with van der Waals surface area (Å²) in [5.41, 5.74) is 2.41. The number of benzene rings is 1. The normalized spacial score (nSPS) is 11.3. The Bertz CT molecular complexity index is 696. The van der Waals surface area contributed by atoms with Gasteiger partial charge in [-0.1, -0.05) is 49.8 Å². The van der Waals surface area contributed by atoms with Gasteiger partial charge < -0.3 is 9.47 Å². The predicted octanol–water partition coefficient (Wildman–Crippen LogP) is 6.80. The van der Waals surface area contributed by atoms with Crippen molar-refractivity contribution in [2.75, 3.05) is 19.8 Å². The molecule has 0 spiro atoms. The summed E-state index contributed by atoms with van der Waals surface area (Å²) in [4.78, 5) is 8.94. The molecule has 0 radical (unpaired) electrons. The molecule has 0 saturated carbocycles. The van der Waals surface area contributed by atoms with Crippen LogP contribution in [0.4, 0.5) is 0 Å². The smallest absolute Gasteiger partial charge is 0.159 e. The van der Waals surface area contributed by atoms with E-state index in [1.54, 1.807) is 12.4 Å². The standard InChI is InChI=1S/C26H38N2O2/c1-3-5-6-7-8-12-20-30-25-21-27-26(28-22-25)24-16-14-23(15-17-24)13-10-9-11-19-29-18-4-2/h3,5,14-17,21-22H,4,6-13,18-20H2,1-2H3/b5-3+. The van der Waals surface area contributed by atoms with Crippen LogP contribution in [0.1, 0.15) is 70.8 Å². The fraction of sp³-hybridized carbons (Fsp3) is 0.538. The van der Waals surface area contributed by atoms with Crippen molar-refractivity contribution < 1.29 is 9.47 Å². The van der Waals surface area contributed by atoms with Crippen LogP contribution >= 0.6 is 0 Å². The van der Waals surface area contributed by atoms with Crippen molar-refractivity contribution in [2.45, 2.75) is 71.6 Å². The summed E-state index contributed by atoms with van der Waals surface area (Å²) in [6.45, 7) is 6.70. The second-order valence-electron chi connectivity index (χ2n) is 7.63. The number of hydrogen-bond acceptors (Lipinski definition) is 4. The SMILES string of the molecule is C/C=C/CCCCCOc1cnc(-c2ccc(CCCCCOCCC)cc2)nc1. The zero-order valence-corrected chi connectivity index (χ0v) is 18.8. The van der Waals surface area contributed by atoms with E-state index in [4.69, 9.17) is 9.47 Å². The molecular weight excluding hydrogens is 372 g/mol. The van der Waals surface area contributed by atoms with E-state index in [2.05, 4.69) is 60.2 Å². The van der Waals surface area contributed by atoms with E-state index in [0.717, 1.165) is 69.1 Å². The summed E-state index contributed by atoms with van der Waals surface area (Å²) in [5.74, 6) is 1.49. The summed E-state index contributed by atoms with van der Waals surface area (Å²) < 4.78 is 11.3. The highest BCUT2D eigenvalue weighted by molar-refractivity contribution is 5.55. The number of rotatable bonds is 16. The number of unbranched alkanes of at least 4 members (excludes halogenated alkanes) is 5. The molecule has 164 valence electrons. The van der Waals surface area contributed by atoms with E-state index in [1.165, 1.54) is 31.2 Å². The molecule has 0 aliphatic carbocycles. The predicted molar refractivity (Wildman–Crippen MR) is 125 cm³/mol. The number of hydrogen-bond donors (Lipinski definition) is 0. The Kier molecular flexibility index (Phi) is 12.5. The monoisotopic (exact) mass is 410 g/mol. The summed E-state index contributed by atoms with van der Waals surface area (Å²) in [6.07, 6.45) is 18.3. The molecule has 0 saturated heterocycles. The number of nitrogens with zero attached hydrogens (tertiary/aromatic N) is 2. The molecule has 0 atom stereocenters. The van der Waals surface area contributed by atoms with Crippen LogP contribution in [0.15, 0.2) is 48.8 Å². The molecule has 0 aliphatic rings. The lowest BCUT2D eigenvalue weighted by molar-refractivity contribution is 0.130. The fourth-order valence-electron chi connectivity index (χ4n) is 3.21. The van der Waals surface area contributed by atoms with Crippen molar-refractivity contribution in [1.29, 1.82) is 0 Å². The van der Waals surface area contributed by atoms with Crippen LogP contribution < -0.4 is 4.74 Å². The molecule has 0 aliphatic heterocycles. The molecule has 0 amide bonds. The van der Waals surface area contributed by atoms with E-state index in [-0.39, 0.29) is 0 Å². The third kappa shape index (κ3) is 10.0. The fourth-order valence-corrected chi connectivity index (χ4v) is 3.21. The minimum atomic E-state index is 0.720. The van der Waals surface area contributed by atoms with Gasteiger partial charge in [-0.05, 0) is 63.9 Å². The van der Waals surface area contributed by atoms with Crippen LogP contribution in [0.2, 0.25) is 0 Å². The summed E-state index contributed by atoms with van der Waals surface area (Å²) >= 11 is 0. The lowest BCUT2D eigenvalue weighted by Crippen LogP contribution is -1.99. The Labute approximate surface area is 182 Å². The molecule has 2 aromatic rings. The van der Waals surface area contributed by atoms with E-state index in [9.17, 15) is 0 Å². The highest BCUT2D eigenvalue weighted by Crippen LogP contribution is 2.18. The van der Waals surface area contributed by atoms with Crippen LogP contribution in [0.25, 0.3) is 11.4 Å². The number of aryl methyl sites for hydroxylation is 1. The zero-order valence-electron chi connectivity index (χ0n) is 18.8. The molecule has 1 aromatic heterocycles. The molecule has 1 heterocycles. The van der Waals surface area contributed by atoms with Gasteiger partial charge in [0.05, 0.1) is 19.0 Å². The second kappa shape index (κ2) is 15.6. The molecule has 0 bridgehead atoms. The third-order valence-electron chi connectivity index (χ3n) is 4.96. The van der Waals surface area contributed by atoms with Crippen LogP contribution in [-0.2, 0) is 11.2 Å². The molecule has 1 aromatic carbocycles. The molecule has 4 heteroatoms. The van der Waals surface area contributed by atoms with Gasteiger partial charge >= 0.3 is 0 Å². The number of allylic oxidation sites excluding steroid dienone is 2. The van der Waals surface area contributed by atoms with Gasteiger partial charge in [0.2, 0.25) is 0 Å². The lowest BCUT2D eigenvalue weighted by Gasteiger charge is -2.07. The molecule has 2 rings (SSSR count). The molecule has 0 unspecified atom stereocenters. The van der Waals surface area contributed by atoms with E-state index >= 15 is 0 Å². The number of ether oxygens (including phenoxy) is 2. The minimum Gasteiger partial charge on any atom is -0.490 e. The topological polar surface area (TPSA) is 44.2 Å². The molecular formula is C26H38N2O2. The van der Waals surface area contributed by atoms with Crippen LogP contribution in [0, 0.1) is 0 Å². The highest BCUT2D eigenvalue weighted by atomic mass is 16.5. The first-order valence-corrected chi connectivity index (χ1v) is 11.6. The lowest BCUT2D eigenvalue weighted by atomic mass is 10.0. The average Bonchev–Trinajstić information content (AvgIpc) is 2.79. The van der Waals surface area contributed by atoms with Crippen LogP contribution in [0.5, 0.6) is 5.75 Å². The summed E-state index contributed by atoms with van der Waals surface area (Å²) in [6, 6.07) is 8.59. The van der Waals surface area contributed by atoms with Gasteiger partial charge in [-0.3, -0.25) is 0 Å². The second-order valence-corrected chi connectivity index (χ2v) is 7.63.